The molecule has 0 spiro atoms. The van der Waals surface area contributed by atoms with Crippen molar-refractivity contribution in [3.8, 4) is 5.69 Å². The number of hydrogen-bond acceptors (Lipinski definition) is 4. The zero-order valence-corrected chi connectivity index (χ0v) is 12.9. The Balaban J connectivity index is 1.56. The Bertz CT molecular complexity index is 660. The molecule has 0 bridgehead atoms. The number of amides is 1. The highest BCUT2D eigenvalue weighted by Crippen LogP contribution is 2.10. The fourth-order valence-electron chi connectivity index (χ4n) is 2.49. The molecule has 1 fully saturated rings. The summed E-state index contributed by atoms with van der Waals surface area (Å²) in [7, 11) is 0. The molecule has 0 aliphatic carbocycles. The number of nitrogens with zero attached hydrogens (tertiary/aromatic N) is 3. The van der Waals surface area contributed by atoms with Gasteiger partial charge in [0.05, 0.1) is 31.7 Å². The first kappa shape index (κ1) is 15.5. The number of carbonyl (C=O) groups is 1. The van der Waals surface area contributed by atoms with Crippen LogP contribution in [-0.2, 0) is 9.53 Å². The summed E-state index contributed by atoms with van der Waals surface area (Å²) < 4.78 is 7.27. The Hall–Kier alpha value is -2.44. The van der Waals surface area contributed by atoms with E-state index in [0.717, 1.165) is 24.5 Å². The summed E-state index contributed by atoms with van der Waals surface area (Å²) >= 11 is 0. The summed E-state index contributed by atoms with van der Waals surface area (Å²) in [5.41, 5.74) is 4.54. The van der Waals surface area contributed by atoms with E-state index in [2.05, 4.69) is 15.4 Å². The summed E-state index contributed by atoms with van der Waals surface area (Å²) in [6.45, 7) is 3.28. The van der Waals surface area contributed by atoms with Crippen molar-refractivity contribution in [1.82, 2.24) is 14.9 Å². The van der Waals surface area contributed by atoms with Crippen molar-refractivity contribution in [3.63, 3.8) is 0 Å². The van der Waals surface area contributed by atoms with Crippen LogP contribution in [-0.4, -0.2) is 54.4 Å². The number of nitrogens with one attached hydrogen (secondary N) is 1. The predicted octanol–water partition coefficient (Wildman–Crippen LogP) is 1.26. The lowest BCUT2D eigenvalue weighted by molar-refractivity contribution is -0.123. The summed E-state index contributed by atoms with van der Waals surface area (Å²) in [6, 6.07) is 13.9. The number of ether oxygens (including phenoxy) is 1. The molecule has 6 heteroatoms. The topological polar surface area (TPSA) is 58.9 Å². The molecule has 1 aromatic heterocycles. The molecule has 0 unspecified atom stereocenters. The van der Waals surface area contributed by atoms with E-state index in [9.17, 15) is 4.79 Å². The van der Waals surface area contributed by atoms with Crippen molar-refractivity contribution < 1.29 is 9.53 Å². The minimum Gasteiger partial charge on any atom is -0.379 e. The van der Waals surface area contributed by atoms with Crippen LogP contribution >= 0.6 is 0 Å². The minimum atomic E-state index is -0.110. The SMILES string of the molecule is O=C(CN1CCOCC1)N/N=C\c1cccn1-c1ccccc1. The fraction of sp³-hybridized carbons (Fsp3) is 0.294. The van der Waals surface area contributed by atoms with Gasteiger partial charge < -0.3 is 9.30 Å². The van der Waals surface area contributed by atoms with Crippen molar-refractivity contribution in [2.24, 2.45) is 5.10 Å². The van der Waals surface area contributed by atoms with Crippen molar-refractivity contribution in [3.05, 3.63) is 54.4 Å². The summed E-state index contributed by atoms with van der Waals surface area (Å²) in [4.78, 5) is 13.9. The van der Waals surface area contributed by atoms with Crippen LogP contribution in [0.5, 0.6) is 0 Å². The third-order valence-electron chi connectivity index (χ3n) is 3.67. The number of hydrogen-bond donors (Lipinski definition) is 1. The van der Waals surface area contributed by atoms with E-state index in [-0.39, 0.29) is 5.91 Å². The second-order valence-corrected chi connectivity index (χ2v) is 5.32. The normalized spacial score (nSPS) is 15.8. The standard InChI is InChI=1S/C17H20N4O2/c22-17(14-20-9-11-23-12-10-20)19-18-13-16-7-4-8-21(16)15-5-2-1-3-6-15/h1-8,13H,9-12,14H2,(H,19,22)/b18-13-. The van der Waals surface area contributed by atoms with Crippen LogP contribution in [0.25, 0.3) is 5.69 Å². The maximum atomic E-state index is 11.9. The van der Waals surface area contributed by atoms with Gasteiger partial charge in [0.15, 0.2) is 0 Å². The maximum absolute atomic E-state index is 11.9. The molecule has 120 valence electrons. The number of aromatic nitrogens is 1. The summed E-state index contributed by atoms with van der Waals surface area (Å²) in [5.74, 6) is -0.110. The molecule has 1 saturated heterocycles. The number of para-hydroxylation sites is 1. The molecule has 0 radical (unpaired) electrons. The molecule has 1 N–H and O–H groups in total. The lowest BCUT2D eigenvalue weighted by Crippen LogP contribution is -2.42. The molecule has 1 aliphatic rings. The zero-order valence-electron chi connectivity index (χ0n) is 12.9. The van der Waals surface area contributed by atoms with Gasteiger partial charge in [0.1, 0.15) is 0 Å². The zero-order chi connectivity index (χ0) is 15.9. The Morgan fingerprint density at radius 2 is 1.96 bits per heavy atom. The predicted molar refractivity (Wildman–Crippen MR) is 88.8 cm³/mol. The lowest BCUT2D eigenvalue weighted by Gasteiger charge is -2.25. The average molecular weight is 312 g/mol. The van der Waals surface area contributed by atoms with E-state index >= 15 is 0 Å². The van der Waals surface area contributed by atoms with E-state index in [1.54, 1.807) is 6.21 Å². The van der Waals surface area contributed by atoms with Gasteiger partial charge in [-0.1, -0.05) is 18.2 Å². The van der Waals surface area contributed by atoms with Crippen LogP contribution in [0.2, 0.25) is 0 Å². The number of hydrazone groups is 1. The lowest BCUT2D eigenvalue weighted by atomic mass is 10.3. The molecule has 1 aliphatic heterocycles. The number of morpholine rings is 1. The Labute approximate surface area is 135 Å². The molecular weight excluding hydrogens is 292 g/mol. The molecule has 0 atom stereocenters. The number of rotatable bonds is 5. The third kappa shape index (κ3) is 4.28. The highest BCUT2D eigenvalue weighted by molar-refractivity contribution is 5.82. The van der Waals surface area contributed by atoms with Crippen LogP contribution in [0.4, 0.5) is 0 Å². The van der Waals surface area contributed by atoms with E-state index in [1.165, 1.54) is 0 Å². The summed E-state index contributed by atoms with van der Waals surface area (Å²) in [6.07, 6.45) is 3.62. The highest BCUT2D eigenvalue weighted by Gasteiger charge is 2.13. The molecular formula is C17H20N4O2. The van der Waals surface area contributed by atoms with Gasteiger partial charge in [0.25, 0.3) is 5.91 Å². The van der Waals surface area contributed by atoms with E-state index in [4.69, 9.17) is 4.74 Å². The van der Waals surface area contributed by atoms with Crippen LogP contribution in [0.1, 0.15) is 5.69 Å². The molecule has 23 heavy (non-hydrogen) atoms. The van der Waals surface area contributed by atoms with Gasteiger partial charge in [-0.2, -0.15) is 5.10 Å². The fourth-order valence-corrected chi connectivity index (χ4v) is 2.49. The van der Waals surface area contributed by atoms with Crippen molar-refractivity contribution in [2.45, 2.75) is 0 Å². The van der Waals surface area contributed by atoms with Gasteiger partial charge in [-0.3, -0.25) is 9.69 Å². The minimum absolute atomic E-state index is 0.110. The van der Waals surface area contributed by atoms with Crippen LogP contribution in [0.3, 0.4) is 0 Å². The second kappa shape index (κ2) is 7.71. The largest absolute Gasteiger partial charge is 0.379 e. The smallest absolute Gasteiger partial charge is 0.254 e. The second-order valence-electron chi connectivity index (χ2n) is 5.32. The van der Waals surface area contributed by atoms with Crippen LogP contribution in [0.15, 0.2) is 53.8 Å². The van der Waals surface area contributed by atoms with E-state index < -0.39 is 0 Å². The first-order valence-corrected chi connectivity index (χ1v) is 7.68. The van der Waals surface area contributed by atoms with Crippen LogP contribution in [0, 0.1) is 0 Å². The van der Waals surface area contributed by atoms with E-state index in [0.29, 0.717) is 19.8 Å². The molecule has 1 amide bonds. The van der Waals surface area contributed by atoms with E-state index in [1.807, 2.05) is 53.2 Å². The maximum Gasteiger partial charge on any atom is 0.254 e. The molecule has 2 heterocycles. The monoisotopic (exact) mass is 312 g/mol. The first-order valence-electron chi connectivity index (χ1n) is 7.68. The average Bonchev–Trinajstić information content (AvgIpc) is 3.05. The van der Waals surface area contributed by atoms with Crippen LogP contribution < -0.4 is 5.43 Å². The molecule has 6 nitrogen and oxygen atoms in total. The Kier molecular flexibility index (Phi) is 5.18. The van der Waals surface area contributed by atoms with Gasteiger partial charge in [0, 0.05) is 25.0 Å². The first-order chi connectivity index (χ1) is 11.3. The van der Waals surface area contributed by atoms with Gasteiger partial charge in [-0.25, -0.2) is 5.43 Å². The Morgan fingerprint density at radius 1 is 1.17 bits per heavy atom. The van der Waals surface area contributed by atoms with Gasteiger partial charge in [-0.05, 0) is 24.3 Å². The molecule has 0 saturated carbocycles. The van der Waals surface area contributed by atoms with Gasteiger partial charge >= 0.3 is 0 Å². The van der Waals surface area contributed by atoms with Crippen molar-refractivity contribution >= 4 is 12.1 Å². The quantitative estimate of drug-likeness (QED) is 0.668. The number of carbonyl (C=O) groups excluding carboxylic acids is 1. The van der Waals surface area contributed by atoms with Gasteiger partial charge in [-0.15, -0.1) is 0 Å². The van der Waals surface area contributed by atoms with Gasteiger partial charge in [0.2, 0.25) is 0 Å². The summed E-state index contributed by atoms with van der Waals surface area (Å²) in [5, 5.41) is 4.06. The van der Waals surface area contributed by atoms with Crippen molar-refractivity contribution in [2.75, 3.05) is 32.8 Å². The molecule has 2 aromatic rings. The molecule has 1 aromatic carbocycles. The third-order valence-corrected chi connectivity index (χ3v) is 3.67. The van der Waals surface area contributed by atoms with Crippen molar-refractivity contribution in [1.29, 1.82) is 0 Å². The highest BCUT2D eigenvalue weighted by atomic mass is 16.5. The number of benzene rings is 1. The molecule has 3 rings (SSSR count). The Morgan fingerprint density at radius 3 is 2.74 bits per heavy atom.